The van der Waals surface area contributed by atoms with E-state index in [1.807, 2.05) is 6.92 Å². The predicted octanol–water partition coefficient (Wildman–Crippen LogP) is 1.38. The molecule has 1 saturated heterocycles. The Labute approximate surface area is 120 Å². The van der Waals surface area contributed by atoms with E-state index in [4.69, 9.17) is 5.73 Å². The minimum atomic E-state index is -0.408. The lowest BCUT2D eigenvalue weighted by atomic mass is 10.1. The van der Waals surface area contributed by atoms with Crippen LogP contribution < -0.4 is 11.1 Å². The van der Waals surface area contributed by atoms with Gasteiger partial charge in [-0.2, -0.15) is 0 Å². The average Bonchev–Trinajstić information content (AvgIpc) is 2.40. The third-order valence-corrected chi connectivity index (χ3v) is 3.89. The summed E-state index contributed by atoms with van der Waals surface area (Å²) in [6.07, 6.45) is 0.595. The summed E-state index contributed by atoms with van der Waals surface area (Å²) in [7, 11) is 0. The summed E-state index contributed by atoms with van der Waals surface area (Å²) < 4.78 is 0.688. The van der Waals surface area contributed by atoms with Gasteiger partial charge < -0.3 is 16.0 Å². The van der Waals surface area contributed by atoms with Crippen molar-refractivity contribution in [1.82, 2.24) is 10.2 Å². The van der Waals surface area contributed by atoms with Crippen LogP contribution in [0.2, 0.25) is 0 Å². The maximum absolute atomic E-state index is 12.5. The normalized spacial score (nSPS) is 19.2. The van der Waals surface area contributed by atoms with Crippen molar-refractivity contribution in [3.63, 3.8) is 0 Å². The molecule has 2 amide bonds. The Morgan fingerprint density at radius 1 is 1.58 bits per heavy atom. The molecule has 2 rings (SSSR count). The van der Waals surface area contributed by atoms with Gasteiger partial charge in [-0.05, 0) is 40.5 Å². The Bertz CT molecular complexity index is 519. The first-order valence-electron chi connectivity index (χ1n) is 6.18. The van der Waals surface area contributed by atoms with Crippen LogP contribution >= 0.6 is 15.9 Å². The van der Waals surface area contributed by atoms with Crippen molar-refractivity contribution in [2.75, 3.05) is 18.8 Å². The molecular weight excluding hydrogens is 310 g/mol. The van der Waals surface area contributed by atoms with Gasteiger partial charge in [0, 0.05) is 23.2 Å². The molecule has 3 N–H and O–H groups in total. The van der Waals surface area contributed by atoms with Crippen LogP contribution in [0.5, 0.6) is 0 Å². The number of carbonyl (C=O) groups excluding carboxylic acids is 2. The third-order valence-electron chi connectivity index (χ3n) is 3.20. The van der Waals surface area contributed by atoms with Crippen molar-refractivity contribution in [2.45, 2.75) is 19.4 Å². The number of anilines is 1. The molecule has 0 spiro atoms. The highest BCUT2D eigenvalue weighted by molar-refractivity contribution is 9.10. The topological polar surface area (TPSA) is 75.4 Å². The van der Waals surface area contributed by atoms with Crippen molar-refractivity contribution in [1.29, 1.82) is 0 Å². The number of benzene rings is 1. The van der Waals surface area contributed by atoms with Crippen LogP contribution in [0, 0.1) is 0 Å². The molecule has 5 nitrogen and oxygen atoms in total. The Hall–Kier alpha value is -1.56. The lowest BCUT2D eigenvalue weighted by molar-refractivity contribution is -0.127. The van der Waals surface area contributed by atoms with Crippen molar-refractivity contribution >= 4 is 33.4 Å². The van der Waals surface area contributed by atoms with E-state index in [0.717, 1.165) is 0 Å². The monoisotopic (exact) mass is 325 g/mol. The van der Waals surface area contributed by atoms with Gasteiger partial charge in [0.2, 0.25) is 5.91 Å². The van der Waals surface area contributed by atoms with Gasteiger partial charge in [-0.3, -0.25) is 9.59 Å². The van der Waals surface area contributed by atoms with Crippen LogP contribution in [0.3, 0.4) is 0 Å². The lowest BCUT2D eigenvalue weighted by Gasteiger charge is -2.34. The summed E-state index contributed by atoms with van der Waals surface area (Å²) in [5.41, 5.74) is 6.74. The van der Waals surface area contributed by atoms with Gasteiger partial charge in [0.05, 0.1) is 5.56 Å². The molecule has 0 aliphatic carbocycles. The van der Waals surface area contributed by atoms with Crippen molar-refractivity contribution in [2.24, 2.45) is 0 Å². The van der Waals surface area contributed by atoms with Crippen LogP contribution in [0.25, 0.3) is 0 Å². The molecule has 0 radical (unpaired) electrons. The predicted molar refractivity (Wildman–Crippen MR) is 76.7 cm³/mol. The average molecular weight is 326 g/mol. The second-order valence-electron chi connectivity index (χ2n) is 4.45. The van der Waals surface area contributed by atoms with E-state index in [0.29, 0.717) is 35.2 Å². The largest absolute Gasteiger partial charge is 0.399 e. The smallest absolute Gasteiger partial charge is 0.255 e. The van der Waals surface area contributed by atoms with Gasteiger partial charge in [0.15, 0.2) is 0 Å². The molecule has 1 unspecified atom stereocenters. The van der Waals surface area contributed by atoms with Crippen LogP contribution in [-0.4, -0.2) is 35.8 Å². The quantitative estimate of drug-likeness (QED) is 0.807. The molecule has 1 aliphatic heterocycles. The number of nitrogen functional groups attached to an aromatic ring is 1. The number of halogens is 1. The molecule has 1 aromatic rings. The molecule has 0 aromatic heterocycles. The standard InChI is InChI=1S/C13H16BrN3O2/c1-2-11-12(18)16-5-6-17(11)13(19)9-7-8(15)3-4-10(9)14/h3-4,7,11H,2,5-6,15H2,1H3,(H,16,18). The molecule has 19 heavy (non-hydrogen) atoms. The number of nitrogens with zero attached hydrogens (tertiary/aromatic N) is 1. The second-order valence-corrected chi connectivity index (χ2v) is 5.31. The SMILES string of the molecule is CCC1C(=O)NCCN1C(=O)c1cc(N)ccc1Br. The summed E-state index contributed by atoms with van der Waals surface area (Å²) in [6, 6.07) is 4.69. The van der Waals surface area contributed by atoms with Gasteiger partial charge in [-0.15, -0.1) is 0 Å². The van der Waals surface area contributed by atoms with E-state index in [1.54, 1.807) is 23.1 Å². The zero-order valence-corrected chi connectivity index (χ0v) is 12.2. The van der Waals surface area contributed by atoms with Gasteiger partial charge in [-0.1, -0.05) is 6.92 Å². The molecule has 1 aliphatic rings. The fourth-order valence-corrected chi connectivity index (χ4v) is 2.64. The summed E-state index contributed by atoms with van der Waals surface area (Å²) in [5, 5.41) is 2.78. The Balaban J connectivity index is 2.32. The number of nitrogens with one attached hydrogen (secondary N) is 1. The van der Waals surface area contributed by atoms with E-state index in [-0.39, 0.29) is 11.8 Å². The minimum absolute atomic E-state index is 0.0953. The van der Waals surface area contributed by atoms with Gasteiger partial charge in [-0.25, -0.2) is 0 Å². The highest BCUT2D eigenvalue weighted by Gasteiger charge is 2.32. The first kappa shape index (κ1) is 13.9. The number of amides is 2. The van der Waals surface area contributed by atoms with Gasteiger partial charge >= 0.3 is 0 Å². The molecule has 0 bridgehead atoms. The minimum Gasteiger partial charge on any atom is -0.399 e. The number of hydrogen-bond acceptors (Lipinski definition) is 3. The van der Waals surface area contributed by atoms with E-state index < -0.39 is 6.04 Å². The van der Waals surface area contributed by atoms with E-state index in [2.05, 4.69) is 21.2 Å². The molecule has 0 saturated carbocycles. The maximum Gasteiger partial charge on any atom is 0.255 e. The molecule has 1 fully saturated rings. The van der Waals surface area contributed by atoms with Crippen LogP contribution in [0.15, 0.2) is 22.7 Å². The number of rotatable bonds is 2. The first-order chi connectivity index (χ1) is 9.04. The third kappa shape index (κ3) is 2.73. The fourth-order valence-electron chi connectivity index (χ4n) is 2.23. The lowest BCUT2D eigenvalue weighted by Crippen LogP contribution is -2.56. The van der Waals surface area contributed by atoms with Crippen LogP contribution in [-0.2, 0) is 4.79 Å². The van der Waals surface area contributed by atoms with Crippen LogP contribution in [0.4, 0.5) is 5.69 Å². The number of hydrogen-bond donors (Lipinski definition) is 2. The van der Waals surface area contributed by atoms with E-state index >= 15 is 0 Å². The van der Waals surface area contributed by atoms with E-state index in [1.165, 1.54) is 0 Å². The second kappa shape index (κ2) is 5.61. The molecule has 6 heteroatoms. The fraction of sp³-hybridized carbons (Fsp3) is 0.385. The van der Waals surface area contributed by atoms with Crippen LogP contribution in [0.1, 0.15) is 23.7 Å². The highest BCUT2D eigenvalue weighted by Crippen LogP contribution is 2.23. The molecule has 102 valence electrons. The van der Waals surface area contributed by atoms with Crippen molar-refractivity contribution < 1.29 is 9.59 Å². The van der Waals surface area contributed by atoms with E-state index in [9.17, 15) is 9.59 Å². The van der Waals surface area contributed by atoms with Gasteiger partial charge in [0.25, 0.3) is 5.91 Å². The maximum atomic E-state index is 12.5. The number of piperazine rings is 1. The molecule has 1 heterocycles. The number of carbonyl (C=O) groups is 2. The summed E-state index contributed by atoms with van der Waals surface area (Å²) in [6.45, 7) is 2.90. The molecular formula is C13H16BrN3O2. The van der Waals surface area contributed by atoms with Gasteiger partial charge in [0.1, 0.15) is 6.04 Å². The summed E-state index contributed by atoms with van der Waals surface area (Å²) >= 11 is 3.35. The highest BCUT2D eigenvalue weighted by atomic mass is 79.9. The Morgan fingerprint density at radius 3 is 3.00 bits per heavy atom. The van der Waals surface area contributed by atoms with Crippen molar-refractivity contribution in [3.8, 4) is 0 Å². The molecule has 1 atom stereocenters. The Morgan fingerprint density at radius 2 is 2.32 bits per heavy atom. The zero-order valence-electron chi connectivity index (χ0n) is 10.6. The number of nitrogens with two attached hydrogens (primary N) is 1. The first-order valence-corrected chi connectivity index (χ1v) is 6.97. The zero-order chi connectivity index (χ0) is 14.0. The summed E-state index contributed by atoms with van der Waals surface area (Å²) in [4.78, 5) is 25.9. The Kier molecular flexibility index (Phi) is 4.09. The summed E-state index contributed by atoms with van der Waals surface area (Å²) in [5.74, 6) is -0.261. The van der Waals surface area contributed by atoms with Crippen molar-refractivity contribution in [3.05, 3.63) is 28.2 Å². The molecule has 1 aromatic carbocycles.